The maximum Gasteiger partial charge on any atom is 0.330 e. The second-order valence-electron chi connectivity index (χ2n) is 15.3. The van der Waals surface area contributed by atoms with E-state index in [4.69, 9.17) is 14.5 Å². The molecule has 11 heteroatoms. The maximum absolute atomic E-state index is 14.2. The van der Waals surface area contributed by atoms with Gasteiger partial charge in [0.25, 0.3) is 0 Å². The summed E-state index contributed by atoms with van der Waals surface area (Å²) >= 11 is 0. The normalized spacial score (nSPS) is 25.1. The first-order chi connectivity index (χ1) is 24.3. The molecule has 3 saturated carbocycles. The lowest BCUT2D eigenvalue weighted by Crippen LogP contribution is -2.57. The predicted molar refractivity (Wildman–Crippen MR) is 193 cm³/mol. The molecule has 3 aromatic rings. The van der Waals surface area contributed by atoms with Gasteiger partial charge in [0.2, 0.25) is 17.7 Å². The molecule has 0 bridgehead atoms. The van der Waals surface area contributed by atoms with Crippen LogP contribution in [0.4, 0.5) is 0 Å². The number of hydrogen-bond donors (Lipinski definition) is 4. The third kappa shape index (κ3) is 7.57. The highest BCUT2D eigenvalue weighted by molar-refractivity contribution is 5.96. The van der Waals surface area contributed by atoms with E-state index >= 15 is 0 Å². The van der Waals surface area contributed by atoms with E-state index in [1.807, 2.05) is 75.4 Å². The van der Waals surface area contributed by atoms with Crippen molar-refractivity contribution in [3.63, 3.8) is 0 Å². The van der Waals surface area contributed by atoms with Crippen LogP contribution < -0.4 is 25.4 Å². The molecule has 4 N–H and O–H groups in total. The minimum absolute atomic E-state index is 0.0709. The number of carboxylic acids is 1. The average molecular weight is 697 g/mol. The Morgan fingerprint density at radius 2 is 1.69 bits per heavy atom. The number of nitrogens with zero attached hydrogens (tertiary/aromatic N) is 1. The Bertz CT molecular complexity index is 1820. The number of aromatic nitrogens is 1. The molecule has 51 heavy (non-hydrogen) atoms. The van der Waals surface area contributed by atoms with Crippen LogP contribution in [0.25, 0.3) is 22.2 Å². The van der Waals surface area contributed by atoms with E-state index in [0.717, 1.165) is 36.6 Å². The summed E-state index contributed by atoms with van der Waals surface area (Å²) in [6.07, 6.45) is 5.42. The highest BCUT2D eigenvalue weighted by atomic mass is 16.5. The first-order valence-corrected chi connectivity index (χ1v) is 17.8. The summed E-state index contributed by atoms with van der Waals surface area (Å²) in [6.45, 7) is 9.41. The van der Waals surface area contributed by atoms with Crippen LogP contribution in [0.3, 0.4) is 0 Å². The molecule has 0 aliphatic heterocycles. The lowest BCUT2D eigenvalue weighted by molar-refractivity contribution is -0.145. The summed E-state index contributed by atoms with van der Waals surface area (Å²) in [5.74, 6) is -3.41. The van der Waals surface area contributed by atoms with Gasteiger partial charge in [-0.2, -0.15) is 0 Å². The highest BCUT2D eigenvalue weighted by Crippen LogP contribution is 2.46. The molecule has 3 aliphatic carbocycles. The molecule has 0 radical (unpaired) electrons. The summed E-state index contributed by atoms with van der Waals surface area (Å²) in [6, 6.07) is 16.3. The third-order valence-corrected chi connectivity index (χ3v) is 10.7. The van der Waals surface area contributed by atoms with E-state index in [9.17, 15) is 24.3 Å². The van der Waals surface area contributed by atoms with Crippen LogP contribution in [0.2, 0.25) is 0 Å². The quantitative estimate of drug-likeness (QED) is 0.183. The number of methoxy groups -OCH3 is 1. The fraction of sp³-hybridized carbons (Fsp3) is 0.475. The fourth-order valence-corrected chi connectivity index (χ4v) is 7.61. The largest absolute Gasteiger partial charge is 0.497 e. The molecule has 2 aromatic carbocycles. The topological polar surface area (TPSA) is 156 Å². The zero-order valence-electron chi connectivity index (χ0n) is 29.7. The van der Waals surface area contributed by atoms with Crippen molar-refractivity contribution >= 4 is 34.6 Å². The molecule has 11 nitrogen and oxygen atoms in total. The number of carbonyl (C=O) groups is 4. The Hall–Kier alpha value is -4.93. The van der Waals surface area contributed by atoms with Gasteiger partial charge in [0, 0.05) is 35.0 Å². The molecular formula is C40H48N4O7. The molecule has 3 amide bonds. The SMILES string of the molecule is C=C[C@@H]1C[C@]1(NC(=O)[C@@H]1C[C@H](Oc2cc(-c3ccccc3)nc3cc(OC)ccc23)C[C@@H]1C(=O)N[C@H](C(=O)NC1CCCC1)C(C)(C)C)C(=O)O. The molecule has 3 aliphatic rings. The molecule has 270 valence electrons. The second kappa shape index (κ2) is 14.4. The van der Waals surface area contributed by atoms with Gasteiger partial charge in [0.15, 0.2) is 0 Å². The van der Waals surface area contributed by atoms with Gasteiger partial charge in [-0.05, 0) is 49.7 Å². The van der Waals surface area contributed by atoms with Crippen molar-refractivity contribution in [2.45, 2.75) is 89.4 Å². The molecule has 1 heterocycles. The van der Waals surface area contributed by atoms with Crippen molar-refractivity contribution in [1.82, 2.24) is 20.9 Å². The molecule has 6 rings (SSSR count). The number of aliphatic carboxylic acids is 1. The van der Waals surface area contributed by atoms with E-state index in [1.54, 1.807) is 7.11 Å². The minimum Gasteiger partial charge on any atom is -0.497 e. The fourth-order valence-electron chi connectivity index (χ4n) is 7.61. The first-order valence-electron chi connectivity index (χ1n) is 17.8. The molecular weight excluding hydrogens is 648 g/mol. The number of benzene rings is 2. The van der Waals surface area contributed by atoms with Crippen molar-refractivity contribution in [2.24, 2.45) is 23.2 Å². The Kier molecular flexibility index (Phi) is 10.1. The summed E-state index contributed by atoms with van der Waals surface area (Å²) < 4.78 is 12.1. The smallest absolute Gasteiger partial charge is 0.330 e. The van der Waals surface area contributed by atoms with Gasteiger partial charge in [0.1, 0.15) is 29.2 Å². The van der Waals surface area contributed by atoms with Crippen molar-refractivity contribution in [2.75, 3.05) is 7.11 Å². The Balaban J connectivity index is 1.30. The molecule has 0 spiro atoms. The standard InChI is InChI=1S/C40H48N4O7/c1-6-24-22-40(24,38(48)49)44-36(46)30-19-27(18-29(30)35(45)43-34(39(2,3)4)37(47)41-25-14-10-11-15-25)51-33-21-31(23-12-8-7-9-13-23)42-32-20-26(50-5)16-17-28(32)33/h6-9,12-13,16-17,20-21,24-25,27,29-30,34H,1,10-11,14-15,18-19,22H2,2-5H3,(H,41,47)(H,43,45)(H,44,46)(H,48,49)/t24-,27-,29+,30-,34-,40-/m1/s1. The van der Waals surface area contributed by atoms with E-state index in [0.29, 0.717) is 22.7 Å². The number of carboxylic acid groups (broad SMARTS) is 1. The van der Waals surface area contributed by atoms with E-state index in [2.05, 4.69) is 22.5 Å². The van der Waals surface area contributed by atoms with E-state index < -0.39 is 58.6 Å². The van der Waals surface area contributed by atoms with Crippen LogP contribution in [0.5, 0.6) is 11.5 Å². The van der Waals surface area contributed by atoms with Crippen molar-refractivity contribution in [3.05, 3.63) is 67.3 Å². The van der Waals surface area contributed by atoms with Crippen LogP contribution in [0, 0.1) is 23.2 Å². The van der Waals surface area contributed by atoms with Gasteiger partial charge < -0.3 is 30.5 Å². The predicted octanol–water partition coefficient (Wildman–Crippen LogP) is 5.42. The lowest BCUT2D eigenvalue weighted by atomic mass is 9.84. The Morgan fingerprint density at radius 3 is 2.29 bits per heavy atom. The van der Waals surface area contributed by atoms with Crippen molar-refractivity contribution < 1.29 is 33.8 Å². The molecule has 1 aromatic heterocycles. The number of carbonyl (C=O) groups excluding carboxylic acids is 3. The van der Waals surface area contributed by atoms with Gasteiger partial charge in [-0.1, -0.05) is 70.0 Å². The van der Waals surface area contributed by atoms with Crippen molar-refractivity contribution in [1.29, 1.82) is 0 Å². The van der Waals surface area contributed by atoms with Crippen LogP contribution in [0.15, 0.2) is 67.3 Å². The Morgan fingerprint density at radius 1 is 1.00 bits per heavy atom. The van der Waals surface area contributed by atoms with Gasteiger partial charge in [0.05, 0.1) is 30.2 Å². The highest BCUT2D eigenvalue weighted by Gasteiger charge is 2.61. The van der Waals surface area contributed by atoms with Crippen molar-refractivity contribution in [3.8, 4) is 22.8 Å². The number of pyridine rings is 1. The average Bonchev–Trinajstić information content (AvgIpc) is 3.37. The zero-order chi connectivity index (χ0) is 36.5. The summed E-state index contributed by atoms with van der Waals surface area (Å²) in [5.41, 5.74) is 0.146. The van der Waals surface area contributed by atoms with Crippen LogP contribution >= 0.6 is 0 Å². The number of rotatable bonds is 12. The first kappa shape index (κ1) is 35.9. The number of fused-ring (bicyclic) bond motifs is 1. The number of nitrogens with one attached hydrogen (secondary N) is 3. The number of hydrogen-bond acceptors (Lipinski definition) is 7. The summed E-state index contributed by atoms with van der Waals surface area (Å²) in [5, 5.41) is 19.6. The minimum atomic E-state index is -1.46. The molecule has 6 atom stereocenters. The third-order valence-electron chi connectivity index (χ3n) is 10.7. The van der Waals surface area contributed by atoms with E-state index in [1.165, 1.54) is 6.08 Å². The summed E-state index contributed by atoms with van der Waals surface area (Å²) in [4.78, 5) is 59.0. The number of amides is 3. The second-order valence-corrected chi connectivity index (χ2v) is 15.3. The van der Waals surface area contributed by atoms with Gasteiger partial charge >= 0.3 is 5.97 Å². The molecule has 3 fully saturated rings. The zero-order valence-corrected chi connectivity index (χ0v) is 29.7. The molecule has 0 unspecified atom stereocenters. The van der Waals surface area contributed by atoms with Crippen LogP contribution in [-0.4, -0.2) is 64.6 Å². The monoisotopic (exact) mass is 696 g/mol. The lowest BCUT2D eigenvalue weighted by Gasteiger charge is -2.33. The van der Waals surface area contributed by atoms with Gasteiger partial charge in [-0.25, -0.2) is 9.78 Å². The van der Waals surface area contributed by atoms with Crippen LogP contribution in [0.1, 0.15) is 65.7 Å². The molecule has 0 saturated heterocycles. The number of ether oxygens (including phenoxy) is 2. The van der Waals surface area contributed by atoms with Gasteiger partial charge in [-0.15, -0.1) is 6.58 Å². The maximum atomic E-state index is 14.2. The summed E-state index contributed by atoms with van der Waals surface area (Å²) in [7, 11) is 1.59. The van der Waals surface area contributed by atoms with E-state index in [-0.39, 0.29) is 31.2 Å². The Labute approximate surface area is 298 Å². The van der Waals surface area contributed by atoms with Crippen LogP contribution in [-0.2, 0) is 19.2 Å². The van der Waals surface area contributed by atoms with Gasteiger partial charge in [-0.3, -0.25) is 14.4 Å².